The Bertz CT molecular complexity index is 431. The summed E-state index contributed by atoms with van der Waals surface area (Å²) in [4.78, 5) is 13.6. The predicted octanol–water partition coefficient (Wildman–Crippen LogP) is 1.76. The second-order valence-electron chi connectivity index (χ2n) is 4.46. The van der Waals surface area contributed by atoms with Gasteiger partial charge >= 0.3 is 0 Å². The number of phenols is 1. The highest BCUT2D eigenvalue weighted by atomic mass is 35.5. The molecule has 1 aromatic carbocycles. The molecule has 0 atom stereocenters. The summed E-state index contributed by atoms with van der Waals surface area (Å²) < 4.78 is 0. The van der Waals surface area contributed by atoms with Gasteiger partial charge < -0.3 is 15.3 Å². The summed E-state index contributed by atoms with van der Waals surface area (Å²) >= 11 is 5.85. The Morgan fingerprint density at radius 2 is 2.11 bits per heavy atom. The molecule has 0 saturated carbocycles. The first-order chi connectivity index (χ1) is 8.66. The Labute approximate surface area is 112 Å². The zero-order valence-electron chi connectivity index (χ0n) is 10.2. The smallest absolute Gasteiger partial charge is 0.236 e. The van der Waals surface area contributed by atoms with Gasteiger partial charge in [-0.1, -0.05) is 11.6 Å². The van der Waals surface area contributed by atoms with Crippen LogP contribution in [-0.2, 0) is 11.3 Å². The Morgan fingerprint density at radius 3 is 2.83 bits per heavy atom. The van der Waals surface area contributed by atoms with Gasteiger partial charge in [0, 0.05) is 30.2 Å². The topological polar surface area (TPSA) is 52.6 Å². The molecule has 98 valence electrons. The third kappa shape index (κ3) is 3.37. The van der Waals surface area contributed by atoms with Crippen LogP contribution < -0.4 is 5.32 Å². The van der Waals surface area contributed by atoms with Crippen molar-refractivity contribution in [3.8, 4) is 5.75 Å². The van der Waals surface area contributed by atoms with E-state index in [4.69, 9.17) is 11.6 Å². The van der Waals surface area contributed by atoms with Crippen LogP contribution in [0.1, 0.15) is 18.4 Å². The molecule has 5 heteroatoms. The molecule has 0 spiro atoms. The number of phenolic OH excluding ortho intramolecular Hbond substituents is 1. The highest BCUT2D eigenvalue weighted by Gasteiger charge is 2.17. The molecule has 0 bridgehead atoms. The summed E-state index contributed by atoms with van der Waals surface area (Å²) in [6, 6.07) is 4.89. The van der Waals surface area contributed by atoms with Crippen molar-refractivity contribution in [2.75, 3.05) is 19.6 Å². The van der Waals surface area contributed by atoms with Crippen molar-refractivity contribution in [1.82, 2.24) is 10.2 Å². The standard InChI is InChI=1S/C13H17ClN2O2/c14-11-3-4-12(17)10(7-11)8-15-9-13(18)16-5-1-2-6-16/h3-4,7,15,17H,1-2,5-6,8-9H2. The van der Waals surface area contributed by atoms with E-state index in [1.54, 1.807) is 18.2 Å². The average Bonchev–Trinajstić information content (AvgIpc) is 2.87. The van der Waals surface area contributed by atoms with E-state index < -0.39 is 0 Å². The van der Waals surface area contributed by atoms with E-state index in [1.807, 2.05) is 4.90 Å². The van der Waals surface area contributed by atoms with Crippen LogP contribution in [0, 0.1) is 0 Å². The number of amides is 1. The van der Waals surface area contributed by atoms with Gasteiger partial charge in [0.1, 0.15) is 5.75 Å². The molecule has 0 aromatic heterocycles. The Hall–Kier alpha value is -1.26. The lowest BCUT2D eigenvalue weighted by molar-refractivity contribution is -0.129. The van der Waals surface area contributed by atoms with Gasteiger partial charge in [-0.3, -0.25) is 4.79 Å². The molecule has 18 heavy (non-hydrogen) atoms. The first-order valence-corrected chi connectivity index (χ1v) is 6.50. The first-order valence-electron chi connectivity index (χ1n) is 6.13. The van der Waals surface area contributed by atoms with Crippen LogP contribution in [0.2, 0.25) is 5.02 Å². The predicted molar refractivity (Wildman–Crippen MR) is 70.6 cm³/mol. The average molecular weight is 269 g/mol. The van der Waals surface area contributed by atoms with Crippen LogP contribution in [0.4, 0.5) is 0 Å². The fraction of sp³-hybridized carbons (Fsp3) is 0.462. The zero-order chi connectivity index (χ0) is 13.0. The monoisotopic (exact) mass is 268 g/mol. The summed E-state index contributed by atoms with van der Waals surface area (Å²) in [6.07, 6.45) is 2.20. The summed E-state index contributed by atoms with van der Waals surface area (Å²) in [5.74, 6) is 0.314. The molecule has 0 unspecified atom stereocenters. The summed E-state index contributed by atoms with van der Waals surface area (Å²) in [5, 5.41) is 13.2. The first kappa shape index (κ1) is 13.2. The van der Waals surface area contributed by atoms with Crippen molar-refractivity contribution in [2.24, 2.45) is 0 Å². The van der Waals surface area contributed by atoms with Crippen molar-refractivity contribution >= 4 is 17.5 Å². The fourth-order valence-corrected chi connectivity index (χ4v) is 2.27. The molecule has 1 aromatic rings. The number of aromatic hydroxyl groups is 1. The summed E-state index contributed by atoms with van der Waals surface area (Å²) in [5.41, 5.74) is 0.705. The summed E-state index contributed by atoms with van der Waals surface area (Å²) in [6.45, 7) is 2.46. The van der Waals surface area contributed by atoms with E-state index >= 15 is 0 Å². The number of nitrogens with zero attached hydrogens (tertiary/aromatic N) is 1. The lowest BCUT2D eigenvalue weighted by Crippen LogP contribution is -2.35. The van der Waals surface area contributed by atoms with E-state index in [-0.39, 0.29) is 11.7 Å². The van der Waals surface area contributed by atoms with Gasteiger partial charge in [0.2, 0.25) is 5.91 Å². The Morgan fingerprint density at radius 1 is 1.39 bits per heavy atom. The number of nitrogens with one attached hydrogen (secondary N) is 1. The molecule has 0 aliphatic carbocycles. The van der Waals surface area contributed by atoms with Gasteiger partial charge in [-0.05, 0) is 31.0 Å². The third-order valence-corrected chi connectivity index (χ3v) is 3.33. The van der Waals surface area contributed by atoms with Crippen LogP contribution in [-0.4, -0.2) is 35.5 Å². The lowest BCUT2D eigenvalue weighted by atomic mass is 10.2. The van der Waals surface area contributed by atoms with E-state index in [2.05, 4.69) is 5.32 Å². The largest absolute Gasteiger partial charge is 0.508 e. The number of rotatable bonds is 4. The van der Waals surface area contributed by atoms with Gasteiger partial charge in [-0.25, -0.2) is 0 Å². The van der Waals surface area contributed by atoms with E-state index in [0.717, 1.165) is 25.9 Å². The molecular formula is C13H17ClN2O2. The quantitative estimate of drug-likeness (QED) is 0.875. The number of carbonyl (C=O) groups is 1. The van der Waals surface area contributed by atoms with Gasteiger partial charge in [0.15, 0.2) is 0 Å². The van der Waals surface area contributed by atoms with E-state index in [1.165, 1.54) is 0 Å². The maximum atomic E-state index is 11.8. The molecule has 2 rings (SSSR count). The molecule has 1 amide bonds. The van der Waals surface area contributed by atoms with Crippen molar-refractivity contribution in [3.05, 3.63) is 28.8 Å². The minimum atomic E-state index is 0.119. The van der Waals surface area contributed by atoms with E-state index in [0.29, 0.717) is 23.7 Å². The maximum absolute atomic E-state index is 11.8. The molecule has 1 aliphatic rings. The molecule has 2 N–H and O–H groups in total. The van der Waals surface area contributed by atoms with Gasteiger partial charge in [-0.2, -0.15) is 0 Å². The second kappa shape index (κ2) is 6.07. The van der Waals surface area contributed by atoms with Gasteiger partial charge in [-0.15, -0.1) is 0 Å². The van der Waals surface area contributed by atoms with Crippen molar-refractivity contribution in [3.63, 3.8) is 0 Å². The van der Waals surface area contributed by atoms with Crippen molar-refractivity contribution in [1.29, 1.82) is 0 Å². The summed E-state index contributed by atoms with van der Waals surface area (Å²) in [7, 11) is 0. The normalized spacial score (nSPS) is 15.1. The van der Waals surface area contributed by atoms with Gasteiger partial charge in [0.25, 0.3) is 0 Å². The van der Waals surface area contributed by atoms with Crippen molar-refractivity contribution in [2.45, 2.75) is 19.4 Å². The number of halogens is 1. The van der Waals surface area contributed by atoms with E-state index in [9.17, 15) is 9.90 Å². The minimum Gasteiger partial charge on any atom is -0.508 e. The van der Waals surface area contributed by atoms with Crippen molar-refractivity contribution < 1.29 is 9.90 Å². The SMILES string of the molecule is O=C(CNCc1cc(Cl)ccc1O)N1CCCC1. The van der Waals surface area contributed by atoms with Crippen LogP contribution in [0.25, 0.3) is 0 Å². The Kier molecular flexibility index (Phi) is 4.44. The molecule has 1 saturated heterocycles. The fourth-order valence-electron chi connectivity index (χ4n) is 2.08. The zero-order valence-corrected chi connectivity index (χ0v) is 10.9. The minimum absolute atomic E-state index is 0.119. The third-order valence-electron chi connectivity index (χ3n) is 3.09. The highest BCUT2D eigenvalue weighted by Crippen LogP contribution is 2.21. The van der Waals surface area contributed by atoms with Crippen LogP contribution in [0.15, 0.2) is 18.2 Å². The molecular weight excluding hydrogens is 252 g/mol. The van der Waals surface area contributed by atoms with Crippen LogP contribution in [0.3, 0.4) is 0 Å². The van der Waals surface area contributed by atoms with Crippen LogP contribution >= 0.6 is 11.6 Å². The number of benzene rings is 1. The molecule has 1 heterocycles. The van der Waals surface area contributed by atoms with Gasteiger partial charge in [0.05, 0.1) is 6.54 Å². The highest BCUT2D eigenvalue weighted by molar-refractivity contribution is 6.30. The Balaban J connectivity index is 1.81. The molecule has 4 nitrogen and oxygen atoms in total. The number of carbonyl (C=O) groups excluding carboxylic acids is 1. The molecule has 1 fully saturated rings. The number of likely N-dealkylation sites (tertiary alicyclic amines) is 1. The maximum Gasteiger partial charge on any atom is 0.236 e. The second-order valence-corrected chi connectivity index (χ2v) is 4.90. The molecule has 0 radical (unpaired) electrons. The number of hydrogen-bond donors (Lipinski definition) is 2. The van der Waals surface area contributed by atoms with Crippen LogP contribution in [0.5, 0.6) is 5.75 Å². The molecule has 1 aliphatic heterocycles. The lowest BCUT2D eigenvalue weighted by Gasteiger charge is -2.15. The number of hydrogen-bond acceptors (Lipinski definition) is 3.